The summed E-state index contributed by atoms with van der Waals surface area (Å²) in [6, 6.07) is 25.2. The highest BCUT2D eigenvalue weighted by molar-refractivity contribution is 8.00. The third kappa shape index (κ3) is 5.62. The van der Waals surface area contributed by atoms with Crippen LogP contribution in [-0.2, 0) is 17.8 Å². The molecule has 0 fully saturated rings. The Labute approximate surface area is 196 Å². The highest BCUT2D eigenvalue weighted by atomic mass is 32.2. The lowest BCUT2D eigenvalue weighted by molar-refractivity contribution is -0.115. The van der Waals surface area contributed by atoms with Crippen LogP contribution in [0.3, 0.4) is 0 Å². The summed E-state index contributed by atoms with van der Waals surface area (Å²) in [6.45, 7) is 2.50. The summed E-state index contributed by atoms with van der Waals surface area (Å²) >= 11 is 1.27. The minimum absolute atomic E-state index is 0.135. The molecule has 0 saturated carbocycles. The molecule has 0 aliphatic heterocycles. The fourth-order valence-electron chi connectivity index (χ4n) is 3.64. The van der Waals surface area contributed by atoms with Gasteiger partial charge < -0.3 is 15.6 Å². The van der Waals surface area contributed by atoms with Gasteiger partial charge in [-0.25, -0.2) is 0 Å². The second kappa shape index (κ2) is 10.4. The van der Waals surface area contributed by atoms with Crippen molar-refractivity contribution in [2.45, 2.75) is 36.7 Å². The number of hydrogen-bond acceptors (Lipinski definition) is 5. The number of carbonyl (C=O) groups excluding carboxylic acids is 1. The number of rotatable bonds is 8. The molecule has 1 unspecified atom stereocenters. The first-order valence-corrected chi connectivity index (χ1v) is 11.8. The van der Waals surface area contributed by atoms with Gasteiger partial charge in [-0.1, -0.05) is 79.3 Å². The topological polar surface area (TPSA) is 90.0 Å². The standard InChI is InChI=1S/C26H26N4O2S/c1-2-22(25(32)28-21-13-12-19-10-6-7-11-20(19)16-21)33-26-29-24(31)17-23(27)30(26)15-14-18-8-4-3-5-9-18/h3-13,16-17,22H,2,14-15,27H2,1H3,(H,28,32). The van der Waals surface area contributed by atoms with Crippen molar-refractivity contribution in [3.05, 3.63) is 94.8 Å². The van der Waals surface area contributed by atoms with Gasteiger partial charge in [0.25, 0.3) is 5.56 Å². The van der Waals surface area contributed by atoms with Crippen LogP contribution in [0.25, 0.3) is 10.8 Å². The molecule has 0 spiro atoms. The molecule has 4 rings (SSSR count). The lowest BCUT2D eigenvalue weighted by atomic mass is 10.1. The quantitative estimate of drug-likeness (QED) is 0.294. The Morgan fingerprint density at radius 1 is 1.03 bits per heavy atom. The van der Waals surface area contributed by atoms with E-state index in [-0.39, 0.29) is 5.91 Å². The van der Waals surface area contributed by atoms with E-state index in [2.05, 4.69) is 10.3 Å². The number of nitrogens with one attached hydrogen (secondary N) is 1. The monoisotopic (exact) mass is 458 g/mol. The molecule has 0 bridgehead atoms. The zero-order chi connectivity index (χ0) is 23.2. The maximum Gasteiger partial charge on any atom is 0.275 e. The number of fused-ring (bicyclic) bond motifs is 1. The number of nitrogens with two attached hydrogens (primary N) is 1. The molecule has 3 N–H and O–H groups in total. The Balaban J connectivity index is 1.52. The van der Waals surface area contributed by atoms with E-state index in [0.29, 0.717) is 23.9 Å². The predicted molar refractivity (Wildman–Crippen MR) is 136 cm³/mol. The number of anilines is 2. The smallest absolute Gasteiger partial charge is 0.275 e. The highest BCUT2D eigenvalue weighted by Crippen LogP contribution is 2.27. The van der Waals surface area contributed by atoms with Gasteiger partial charge in [0, 0.05) is 18.3 Å². The second-order valence-corrected chi connectivity index (χ2v) is 8.92. The molecule has 0 radical (unpaired) electrons. The summed E-state index contributed by atoms with van der Waals surface area (Å²) in [5, 5.41) is 5.21. The number of hydrogen-bond donors (Lipinski definition) is 2. The first-order valence-electron chi connectivity index (χ1n) is 10.9. The van der Waals surface area contributed by atoms with Crippen molar-refractivity contribution in [3.8, 4) is 0 Å². The van der Waals surface area contributed by atoms with Gasteiger partial charge in [-0.2, -0.15) is 4.98 Å². The van der Waals surface area contributed by atoms with Crippen molar-refractivity contribution in [1.29, 1.82) is 0 Å². The summed E-state index contributed by atoms with van der Waals surface area (Å²) in [4.78, 5) is 29.3. The van der Waals surface area contributed by atoms with E-state index in [1.54, 1.807) is 0 Å². The Hall–Kier alpha value is -3.58. The minimum atomic E-state index is -0.423. The molecule has 33 heavy (non-hydrogen) atoms. The number of nitrogen functional groups attached to an aromatic ring is 1. The first-order chi connectivity index (χ1) is 16.0. The lowest BCUT2D eigenvalue weighted by Gasteiger charge is -2.19. The van der Waals surface area contributed by atoms with Crippen LogP contribution < -0.4 is 16.6 Å². The molecule has 1 aromatic heterocycles. The summed E-state index contributed by atoms with van der Waals surface area (Å²) in [5.74, 6) is 0.210. The summed E-state index contributed by atoms with van der Waals surface area (Å²) in [6.07, 6.45) is 1.32. The zero-order valence-electron chi connectivity index (χ0n) is 18.4. The van der Waals surface area contributed by atoms with Crippen LogP contribution in [0.5, 0.6) is 0 Å². The minimum Gasteiger partial charge on any atom is -0.385 e. The van der Waals surface area contributed by atoms with Gasteiger partial charge in [-0.15, -0.1) is 0 Å². The second-order valence-electron chi connectivity index (χ2n) is 7.75. The average Bonchev–Trinajstić information content (AvgIpc) is 2.82. The third-order valence-electron chi connectivity index (χ3n) is 5.41. The van der Waals surface area contributed by atoms with Crippen LogP contribution in [0.4, 0.5) is 11.5 Å². The van der Waals surface area contributed by atoms with E-state index in [1.165, 1.54) is 17.8 Å². The number of amides is 1. The molecule has 0 saturated heterocycles. The lowest BCUT2D eigenvalue weighted by Crippen LogP contribution is -2.27. The number of nitrogens with zero attached hydrogens (tertiary/aromatic N) is 2. The van der Waals surface area contributed by atoms with Gasteiger partial charge in [-0.05, 0) is 41.3 Å². The molecular weight excluding hydrogens is 432 g/mol. The summed E-state index contributed by atoms with van der Waals surface area (Å²) in [7, 11) is 0. The average molecular weight is 459 g/mol. The van der Waals surface area contributed by atoms with Crippen LogP contribution in [-0.4, -0.2) is 20.7 Å². The van der Waals surface area contributed by atoms with E-state index in [0.717, 1.165) is 28.4 Å². The van der Waals surface area contributed by atoms with E-state index >= 15 is 0 Å². The predicted octanol–water partition coefficient (Wildman–Crippen LogP) is 4.73. The van der Waals surface area contributed by atoms with Crippen LogP contribution in [0.1, 0.15) is 18.9 Å². The SMILES string of the molecule is CCC(Sc1nc(=O)cc(N)n1CCc1ccccc1)C(=O)Nc1ccc2ccccc2c1. The van der Waals surface area contributed by atoms with Crippen molar-refractivity contribution < 1.29 is 4.79 Å². The Morgan fingerprint density at radius 3 is 2.52 bits per heavy atom. The number of benzene rings is 3. The van der Waals surface area contributed by atoms with Gasteiger partial charge in [0.05, 0.1) is 5.25 Å². The number of thioether (sulfide) groups is 1. The van der Waals surface area contributed by atoms with E-state index in [4.69, 9.17) is 5.73 Å². The van der Waals surface area contributed by atoms with Crippen molar-refractivity contribution >= 4 is 39.9 Å². The molecule has 1 atom stereocenters. The first kappa shape index (κ1) is 22.6. The molecule has 1 amide bonds. The third-order valence-corrected chi connectivity index (χ3v) is 6.77. The largest absolute Gasteiger partial charge is 0.385 e. The van der Waals surface area contributed by atoms with Crippen LogP contribution >= 0.6 is 11.8 Å². The normalized spacial score (nSPS) is 11.9. The van der Waals surface area contributed by atoms with Gasteiger partial charge in [0.1, 0.15) is 5.82 Å². The number of aromatic nitrogens is 2. The van der Waals surface area contributed by atoms with Crippen molar-refractivity contribution in [1.82, 2.24) is 9.55 Å². The number of carbonyl (C=O) groups is 1. The van der Waals surface area contributed by atoms with Gasteiger partial charge in [-0.3, -0.25) is 9.59 Å². The van der Waals surface area contributed by atoms with Crippen molar-refractivity contribution in [2.24, 2.45) is 0 Å². The van der Waals surface area contributed by atoms with Crippen molar-refractivity contribution in [3.63, 3.8) is 0 Å². The molecule has 4 aromatic rings. The molecule has 0 aliphatic carbocycles. The molecule has 6 nitrogen and oxygen atoms in total. The Bertz CT molecular complexity index is 1320. The number of aryl methyl sites for hydroxylation is 1. The highest BCUT2D eigenvalue weighted by Gasteiger charge is 2.21. The fraction of sp³-hybridized carbons (Fsp3) is 0.192. The molecule has 3 aromatic carbocycles. The van der Waals surface area contributed by atoms with E-state index in [1.807, 2.05) is 84.3 Å². The molecule has 168 valence electrons. The van der Waals surface area contributed by atoms with Gasteiger partial charge in [0.2, 0.25) is 5.91 Å². The van der Waals surface area contributed by atoms with Crippen LogP contribution in [0.2, 0.25) is 0 Å². The zero-order valence-corrected chi connectivity index (χ0v) is 19.2. The summed E-state index contributed by atoms with van der Waals surface area (Å²) in [5.41, 5.74) is 7.65. The maximum atomic E-state index is 13.1. The Kier molecular flexibility index (Phi) is 7.10. The molecule has 7 heteroatoms. The Morgan fingerprint density at radius 2 is 1.76 bits per heavy atom. The van der Waals surface area contributed by atoms with Gasteiger partial charge in [0.15, 0.2) is 5.16 Å². The van der Waals surface area contributed by atoms with Crippen LogP contribution in [0, 0.1) is 0 Å². The van der Waals surface area contributed by atoms with Gasteiger partial charge >= 0.3 is 0 Å². The molecular formula is C26H26N4O2S. The fourth-order valence-corrected chi connectivity index (χ4v) is 4.70. The molecule has 1 heterocycles. The summed E-state index contributed by atoms with van der Waals surface area (Å²) < 4.78 is 1.81. The van der Waals surface area contributed by atoms with E-state index < -0.39 is 10.8 Å². The van der Waals surface area contributed by atoms with E-state index in [9.17, 15) is 9.59 Å². The maximum absolute atomic E-state index is 13.1. The van der Waals surface area contributed by atoms with Crippen LogP contribution in [0.15, 0.2) is 88.8 Å². The molecule has 0 aliphatic rings. The van der Waals surface area contributed by atoms with Crippen molar-refractivity contribution in [2.75, 3.05) is 11.1 Å².